The number of ether oxygens (including phenoxy) is 9. The number of hydrogen-bond acceptors (Lipinski definition) is 23. The third-order valence-electron chi connectivity index (χ3n) is 22.9. The number of esters is 1. The number of alkyl carbamates (subject to hydrolysis) is 2. The Hall–Kier alpha value is -8.76. The van der Waals surface area contributed by atoms with Gasteiger partial charge in [-0.25, -0.2) is 28.0 Å². The number of carboxylic acid groups (broad SMARTS) is 1. The van der Waals surface area contributed by atoms with E-state index in [2.05, 4.69) is 54.4 Å². The summed E-state index contributed by atoms with van der Waals surface area (Å²) in [4.78, 5) is 159. The van der Waals surface area contributed by atoms with Crippen molar-refractivity contribution in [2.45, 2.75) is 218 Å². The molecule has 1 saturated heterocycles. The van der Waals surface area contributed by atoms with Gasteiger partial charge < -0.3 is 106 Å². The molecule has 13 N–H and O–H groups in total. The molecule has 4 saturated carbocycles. The first-order valence-corrected chi connectivity index (χ1v) is 39.9. The second-order valence-electron chi connectivity index (χ2n) is 31.6. The Labute approximate surface area is 667 Å². The van der Waals surface area contributed by atoms with Gasteiger partial charge in [0.25, 0.3) is 0 Å². The van der Waals surface area contributed by atoms with E-state index in [-0.39, 0.29) is 108 Å². The quantitative estimate of drug-likeness (QED) is 0.0189. The molecule has 5 fully saturated rings. The van der Waals surface area contributed by atoms with Gasteiger partial charge in [0.05, 0.1) is 78.3 Å². The van der Waals surface area contributed by atoms with Crippen molar-refractivity contribution in [2.75, 3.05) is 91.1 Å². The number of primary amides is 1. The van der Waals surface area contributed by atoms with Crippen molar-refractivity contribution < 1.29 is 124 Å². The number of alkyl halides is 2. The van der Waals surface area contributed by atoms with Crippen LogP contribution in [0.1, 0.15) is 150 Å². The highest BCUT2D eigenvalue weighted by Gasteiger charge is 2.80. The number of halogens is 2. The SMILES string of the molecule is CCCC1O[C@@H]2C[C@H]3[C@@H]4C[C@H](F)C5=CC(=O)C=C[C@]5(C)[C@@]4(F)[C@@H](O)C[C@]3(C)[C@]2(C(=O)COC(=O)[C@H](CC(C)C)NC(=O)[C@H](CO)NC(=O)OCc2ccc(NC(=O)[C@H](CCCNC(N)=O)NC(=O)[C@@H](NC(=O)[C@H](CCC(=O)O)NC(=O)CCOCCOCCOCCOCCNC(=O)OCC3[C@H]4CCC#CCC[C@@H]34)C(C)C)cc2)O1. The lowest BCUT2D eigenvalue weighted by Crippen LogP contribution is -2.71. The molecule has 1 aromatic rings. The molecule has 7 aliphatic rings. The average Bonchev–Trinajstić information content (AvgIpc) is 1.57. The highest BCUT2D eigenvalue weighted by atomic mass is 19.1. The summed E-state index contributed by atoms with van der Waals surface area (Å²) in [6.45, 7) is 11.7. The number of aliphatic carboxylic acids is 1. The minimum absolute atomic E-state index is 0.00618. The van der Waals surface area contributed by atoms with Gasteiger partial charge >= 0.3 is 30.2 Å². The van der Waals surface area contributed by atoms with E-state index in [1.807, 2.05) is 6.92 Å². The highest BCUT2D eigenvalue weighted by molar-refractivity contribution is 6.02. The topological polar surface area (TPSA) is 471 Å². The van der Waals surface area contributed by atoms with E-state index >= 15 is 8.78 Å². The lowest BCUT2D eigenvalue weighted by Gasteiger charge is -2.63. The highest BCUT2D eigenvalue weighted by Crippen LogP contribution is 2.72. The number of hydrogen-bond donors (Lipinski definition) is 12. The number of Topliss-reactive ketones (excluding diaryl/α,β-unsaturated/α-hetero) is 1. The number of carbonyl (C=O) groups excluding carboxylic acids is 11. The van der Waals surface area contributed by atoms with Gasteiger partial charge in [-0.1, -0.05) is 66.2 Å². The summed E-state index contributed by atoms with van der Waals surface area (Å²) in [5.41, 5.74) is -1.70. The molecule has 0 bridgehead atoms. The zero-order chi connectivity index (χ0) is 83.8. The minimum Gasteiger partial charge on any atom is -0.481 e. The fourth-order valence-corrected chi connectivity index (χ4v) is 16.9. The minimum atomic E-state index is -2.46. The van der Waals surface area contributed by atoms with Crippen LogP contribution in [0, 0.1) is 64.1 Å². The third kappa shape index (κ3) is 24.0. The first-order valence-electron chi connectivity index (χ1n) is 39.9. The van der Waals surface area contributed by atoms with Gasteiger partial charge in [-0.2, -0.15) is 0 Å². The van der Waals surface area contributed by atoms with E-state index in [1.165, 1.54) is 43.3 Å². The standard InChI is InChI=1S/C80H115F2N9O24/c1-8-14-67-114-64-40-54-55-39-57(81)56-38-50(93)24-26-77(56,6)79(55,82)62(94)41-78(54,7)80(64,115-67)63(95)45-111-73(103)60(37-46(2)3)89-71(101)61(42-92)90-76(106)112-43-48-18-20-49(21-19-48)86-69(99)58(17-13-27-84-74(83)104)88-72(102)68(47(4)5)91-70(100)59(22-23-66(97)98)87-65(96)25-29-107-31-33-109-35-36-110-34-32-108-30-28-85-75(105)113-44-53-51-15-11-9-10-12-16-52(51)53/h18-21,24,26,38,46-47,51-55,57-62,64,67-68,92,94H,8,11-17,22-23,25,27-37,39-45H2,1-7H3,(H,85,105)(H,86,99)(H,87,96)(H,88,102)(H,89,101)(H,90,106)(H,91,100)(H,97,98)(H3,83,84,104)/t51-,52+,53?,54-,55-,57-,58-,59-,60-,61-,62-,64+,67?,68-,77-,78-,79-,80+/m0/s1. The summed E-state index contributed by atoms with van der Waals surface area (Å²) in [6.07, 6.45) is -0.441. The van der Waals surface area contributed by atoms with Crippen molar-refractivity contribution in [2.24, 2.45) is 58.0 Å². The molecule has 18 atom stereocenters. The molecule has 0 aromatic heterocycles. The van der Waals surface area contributed by atoms with E-state index in [4.69, 9.17) is 48.4 Å². The van der Waals surface area contributed by atoms with Crippen LogP contribution in [0.2, 0.25) is 0 Å². The van der Waals surface area contributed by atoms with Crippen molar-refractivity contribution in [3.63, 3.8) is 0 Å². The summed E-state index contributed by atoms with van der Waals surface area (Å²) < 4.78 is 85.8. The number of nitrogens with two attached hydrogens (primary N) is 1. The van der Waals surface area contributed by atoms with Gasteiger partial charge in [0.2, 0.25) is 35.3 Å². The van der Waals surface area contributed by atoms with Crippen LogP contribution in [0.5, 0.6) is 0 Å². The molecular formula is C80H115F2N9O24. The van der Waals surface area contributed by atoms with E-state index in [9.17, 15) is 72.9 Å². The molecule has 0 spiro atoms. The first kappa shape index (κ1) is 91.8. The number of carbonyl (C=O) groups is 12. The van der Waals surface area contributed by atoms with E-state index in [0.29, 0.717) is 62.5 Å². The van der Waals surface area contributed by atoms with Gasteiger partial charge in [-0.05, 0) is 142 Å². The maximum atomic E-state index is 18.1. The van der Waals surface area contributed by atoms with Crippen molar-refractivity contribution in [1.82, 2.24) is 37.2 Å². The van der Waals surface area contributed by atoms with Crippen molar-refractivity contribution in [3.05, 3.63) is 53.6 Å². The Balaban J connectivity index is 0.755. The van der Waals surface area contributed by atoms with Crippen LogP contribution < -0.4 is 48.3 Å². The molecule has 1 heterocycles. The Bertz CT molecular complexity index is 3690. The van der Waals surface area contributed by atoms with E-state index in [1.54, 1.807) is 34.6 Å². The van der Waals surface area contributed by atoms with E-state index in [0.717, 1.165) is 31.8 Å². The fraction of sp³-hybridized carbons (Fsp3) is 0.700. The number of allylic oxidation sites excluding steroid dienone is 4. The Morgan fingerprint density at radius 2 is 1.35 bits per heavy atom. The predicted octanol–water partition coefficient (Wildman–Crippen LogP) is 4.11. The summed E-state index contributed by atoms with van der Waals surface area (Å²) in [5, 5.41) is 52.2. The molecule has 8 rings (SSSR count). The predicted molar refractivity (Wildman–Crippen MR) is 406 cm³/mol. The Kier molecular flexibility index (Phi) is 34.2. The van der Waals surface area contributed by atoms with Gasteiger partial charge in [0.1, 0.15) is 43.0 Å². The average molecular weight is 1620 g/mol. The Morgan fingerprint density at radius 3 is 1.97 bits per heavy atom. The van der Waals surface area contributed by atoms with Crippen LogP contribution in [-0.2, 0) is 92.4 Å². The zero-order valence-corrected chi connectivity index (χ0v) is 66.5. The number of ketones is 2. The van der Waals surface area contributed by atoms with Crippen LogP contribution >= 0.6 is 0 Å². The number of aliphatic hydroxyl groups is 2. The molecule has 638 valence electrons. The summed E-state index contributed by atoms with van der Waals surface area (Å²) >= 11 is 0. The lowest BCUT2D eigenvalue weighted by atomic mass is 9.44. The van der Waals surface area contributed by atoms with Gasteiger partial charge in [-0.15, -0.1) is 11.8 Å². The Morgan fingerprint density at radius 1 is 0.713 bits per heavy atom. The van der Waals surface area contributed by atoms with Crippen LogP contribution in [-0.4, -0.2) is 238 Å². The summed E-state index contributed by atoms with van der Waals surface area (Å²) in [7, 11) is 0. The van der Waals surface area contributed by atoms with Crippen molar-refractivity contribution >= 4 is 76.9 Å². The van der Waals surface area contributed by atoms with Gasteiger partial charge in [0.15, 0.2) is 29.9 Å². The number of fused-ring (bicyclic) bond motifs is 8. The molecule has 2 unspecified atom stereocenters. The summed E-state index contributed by atoms with van der Waals surface area (Å²) in [6, 6.07) is -2.16. The number of urea groups is 1. The molecule has 35 heteroatoms. The molecule has 6 aliphatic carbocycles. The van der Waals surface area contributed by atoms with Crippen LogP contribution in [0.3, 0.4) is 0 Å². The van der Waals surface area contributed by atoms with Crippen LogP contribution in [0.25, 0.3) is 0 Å². The molecule has 1 aromatic carbocycles. The van der Waals surface area contributed by atoms with Gasteiger partial charge in [-0.3, -0.25) is 38.4 Å². The largest absolute Gasteiger partial charge is 0.481 e. The number of carboxylic acids is 1. The van der Waals surface area contributed by atoms with Crippen molar-refractivity contribution in [3.8, 4) is 11.8 Å². The molecular weight excluding hydrogens is 1510 g/mol. The van der Waals surface area contributed by atoms with Crippen LogP contribution in [0.15, 0.2) is 48.1 Å². The second kappa shape index (κ2) is 42.9. The molecule has 1 aliphatic heterocycles. The van der Waals surface area contributed by atoms with E-state index < -0.39 is 199 Å². The number of anilines is 1. The zero-order valence-electron chi connectivity index (χ0n) is 66.5. The number of nitrogens with one attached hydrogen (secondary N) is 8. The molecule has 0 radical (unpaired) electrons. The number of aliphatic hydroxyl groups excluding tert-OH is 2. The van der Waals surface area contributed by atoms with Crippen LogP contribution in [0.4, 0.5) is 28.9 Å². The second-order valence-corrected chi connectivity index (χ2v) is 31.6. The molecule has 115 heavy (non-hydrogen) atoms. The van der Waals surface area contributed by atoms with Crippen molar-refractivity contribution in [1.29, 1.82) is 0 Å². The number of benzene rings is 1. The molecule has 9 amide bonds. The monoisotopic (exact) mass is 1620 g/mol. The smallest absolute Gasteiger partial charge is 0.408 e. The fourth-order valence-electron chi connectivity index (χ4n) is 16.9. The number of rotatable bonds is 46. The normalized spacial score (nSPS) is 27.3. The van der Waals surface area contributed by atoms with Gasteiger partial charge in [0, 0.05) is 61.2 Å². The lowest BCUT2D eigenvalue weighted by molar-refractivity contribution is -0.235. The summed E-state index contributed by atoms with van der Waals surface area (Å²) in [5.74, 6) is -2.63. The maximum absolute atomic E-state index is 18.1. The molecule has 33 nitrogen and oxygen atoms in total. The first-order chi connectivity index (χ1) is 54.8. The third-order valence-corrected chi connectivity index (χ3v) is 22.9. The number of amides is 9. The maximum Gasteiger partial charge on any atom is 0.408 e.